The second-order valence-corrected chi connectivity index (χ2v) is 8.24. The summed E-state index contributed by atoms with van der Waals surface area (Å²) in [6, 6.07) is 14.3. The van der Waals surface area contributed by atoms with E-state index in [9.17, 15) is 9.59 Å². The van der Waals surface area contributed by atoms with E-state index in [0.29, 0.717) is 18.9 Å². The van der Waals surface area contributed by atoms with Crippen LogP contribution >= 0.6 is 0 Å². The van der Waals surface area contributed by atoms with Crippen LogP contribution in [0, 0.1) is 5.92 Å². The summed E-state index contributed by atoms with van der Waals surface area (Å²) in [4.78, 5) is 29.1. The standard InChI is InChI=1S/C24H29N3O2/c1-4-26-21-11-10-19(15-18(21)9-12-22(26)28)25-24(29)27-14-13-17-7-5-6-8-20(17)23(27)16(2)3/h5-8,10-11,15-16,23H,4,9,12-14H2,1-3H3,(H,25,29). The van der Waals surface area contributed by atoms with Gasteiger partial charge in [0.05, 0.1) is 6.04 Å². The molecule has 0 fully saturated rings. The number of hydrogen-bond donors (Lipinski definition) is 1. The number of hydrogen-bond acceptors (Lipinski definition) is 2. The number of carbonyl (C=O) groups excluding carboxylic acids is 2. The Kier molecular flexibility index (Phi) is 5.31. The van der Waals surface area contributed by atoms with E-state index in [0.717, 1.165) is 36.3 Å². The zero-order chi connectivity index (χ0) is 20.5. The number of nitrogens with zero attached hydrogens (tertiary/aromatic N) is 2. The van der Waals surface area contributed by atoms with Crippen molar-refractivity contribution >= 4 is 23.3 Å². The Labute approximate surface area is 172 Å². The van der Waals surface area contributed by atoms with Gasteiger partial charge in [0.2, 0.25) is 5.91 Å². The molecule has 2 aliphatic heterocycles. The van der Waals surface area contributed by atoms with Gasteiger partial charge in [0.1, 0.15) is 0 Å². The van der Waals surface area contributed by atoms with Crippen LogP contribution in [-0.4, -0.2) is 29.9 Å². The van der Waals surface area contributed by atoms with Crippen molar-refractivity contribution in [2.24, 2.45) is 5.92 Å². The molecule has 29 heavy (non-hydrogen) atoms. The number of benzene rings is 2. The molecule has 5 nitrogen and oxygen atoms in total. The summed E-state index contributed by atoms with van der Waals surface area (Å²) in [5.41, 5.74) is 5.47. The summed E-state index contributed by atoms with van der Waals surface area (Å²) in [7, 11) is 0. The van der Waals surface area contributed by atoms with Crippen molar-refractivity contribution in [2.45, 2.75) is 46.1 Å². The SMILES string of the molecule is CCN1C(=O)CCc2cc(NC(=O)N3CCc4ccccc4C3C(C)C)ccc21. The van der Waals surface area contributed by atoms with Crippen molar-refractivity contribution in [1.82, 2.24) is 4.90 Å². The van der Waals surface area contributed by atoms with Crippen LogP contribution in [0.3, 0.4) is 0 Å². The zero-order valence-corrected chi connectivity index (χ0v) is 17.4. The van der Waals surface area contributed by atoms with Crippen molar-refractivity contribution in [2.75, 3.05) is 23.3 Å². The van der Waals surface area contributed by atoms with Gasteiger partial charge in [0.15, 0.2) is 0 Å². The largest absolute Gasteiger partial charge is 0.322 e. The topological polar surface area (TPSA) is 52.7 Å². The molecule has 2 aliphatic rings. The summed E-state index contributed by atoms with van der Waals surface area (Å²) < 4.78 is 0. The smallest absolute Gasteiger partial charge is 0.317 e. The highest BCUT2D eigenvalue weighted by molar-refractivity contribution is 5.97. The number of fused-ring (bicyclic) bond motifs is 2. The first-order valence-electron chi connectivity index (χ1n) is 10.6. The molecule has 0 aliphatic carbocycles. The van der Waals surface area contributed by atoms with Crippen molar-refractivity contribution in [3.63, 3.8) is 0 Å². The van der Waals surface area contributed by atoms with E-state index in [1.165, 1.54) is 11.1 Å². The molecule has 2 aromatic carbocycles. The van der Waals surface area contributed by atoms with Crippen molar-refractivity contribution in [3.8, 4) is 0 Å². The zero-order valence-electron chi connectivity index (χ0n) is 17.4. The van der Waals surface area contributed by atoms with Gasteiger partial charge in [-0.1, -0.05) is 38.1 Å². The van der Waals surface area contributed by atoms with Gasteiger partial charge in [-0.3, -0.25) is 4.79 Å². The number of anilines is 2. The van der Waals surface area contributed by atoms with Crippen LogP contribution in [0.25, 0.3) is 0 Å². The van der Waals surface area contributed by atoms with E-state index in [2.05, 4.69) is 43.4 Å². The molecular formula is C24H29N3O2. The highest BCUT2D eigenvalue weighted by atomic mass is 16.2. The second kappa shape index (κ2) is 7.90. The molecule has 2 aromatic rings. The lowest BCUT2D eigenvalue weighted by Crippen LogP contribution is -2.44. The van der Waals surface area contributed by atoms with E-state index >= 15 is 0 Å². The van der Waals surface area contributed by atoms with Gasteiger partial charge in [-0.2, -0.15) is 0 Å². The fourth-order valence-corrected chi connectivity index (χ4v) is 4.72. The van der Waals surface area contributed by atoms with Crippen molar-refractivity contribution < 1.29 is 9.59 Å². The first-order valence-corrected chi connectivity index (χ1v) is 10.6. The van der Waals surface area contributed by atoms with Crippen LogP contribution in [0.1, 0.15) is 49.9 Å². The lowest BCUT2D eigenvalue weighted by atomic mass is 9.86. The maximum atomic E-state index is 13.2. The van der Waals surface area contributed by atoms with E-state index in [1.54, 1.807) is 0 Å². The molecule has 0 bridgehead atoms. The summed E-state index contributed by atoms with van der Waals surface area (Å²) in [5, 5.41) is 3.11. The maximum absolute atomic E-state index is 13.2. The summed E-state index contributed by atoms with van der Waals surface area (Å²) in [5.74, 6) is 0.499. The lowest BCUT2D eigenvalue weighted by molar-refractivity contribution is -0.118. The maximum Gasteiger partial charge on any atom is 0.322 e. The third-order valence-electron chi connectivity index (χ3n) is 6.07. The Morgan fingerprint density at radius 2 is 1.90 bits per heavy atom. The molecule has 4 rings (SSSR count). The Morgan fingerprint density at radius 1 is 1.10 bits per heavy atom. The number of urea groups is 1. The summed E-state index contributed by atoms with van der Waals surface area (Å²) in [6.07, 6.45) is 2.13. The average Bonchev–Trinajstić information content (AvgIpc) is 2.72. The first kappa shape index (κ1) is 19.5. The van der Waals surface area contributed by atoms with Crippen LogP contribution < -0.4 is 10.2 Å². The third-order valence-corrected chi connectivity index (χ3v) is 6.07. The van der Waals surface area contributed by atoms with Crippen molar-refractivity contribution in [1.29, 1.82) is 0 Å². The van der Waals surface area contributed by atoms with E-state index < -0.39 is 0 Å². The molecule has 0 aromatic heterocycles. The molecule has 2 heterocycles. The molecule has 0 saturated heterocycles. The number of carbonyl (C=O) groups is 2. The molecule has 1 atom stereocenters. The first-order chi connectivity index (χ1) is 14.0. The van der Waals surface area contributed by atoms with Crippen molar-refractivity contribution in [3.05, 3.63) is 59.2 Å². The monoisotopic (exact) mass is 391 g/mol. The second-order valence-electron chi connectivity index (χ2n) is 8.24. The van der Waals surface area contributed by atoms with Crippen LogP contribution in [0.15, 0.2) is 42.5 Å². The van der Waals surface area contributed by atoms with E-state index in [-0.39, 0.29) is 18.0 Å². The Balaban J connectivity index is 1.56. The van der Waals surface area contributed by atoms with Gasteiger partial charge in [-0.25, -0.2) is 4.79 Å². The quantitative estimate of drug-likeness (QED) is 0.819. The van der Waals surface area contributed by atoms with Crippen LogP contribution in [0.5, 0.6) is 0 Å². The van der Waals surface area contributed by atoms with E-state index in [4.69, 9.17) is 0 Å². The van der Waals surface area contributed by atoms with Gasteiger partial charge in [0.25, 0.3) is 0 Å². The predicted molar refractivity (Wildman–Crippen MR) is 116 cm³/mol. The Morgan fingerprint density at radius 3 is 2.66 bits per heavy atom. The molecule has 1 N–H and O–H groups in total. The van der Waals surface area contributed by atoms with Gasteiger partial charge < -0.3 is 15.1 Å². The number of nitrogens with one attached hydrogen (secondary N) is 1. The van der Waals surface area contributed by atoms with Gasteiger partial charge in [-0.15, -0.1) is 0 Å². The molecule has 1 unspecified atom stereocenters. The minimum atomic E-state index is -0.0580. The molecule has 0 radical (unpaired) electrons. The lowest BCUT2D eigenvalue weighted by Gasteiger charge is -2.39. The van der Waals surface area contributed by atoms with Crippen LogP contribution in [0.2, 0.25) is 0 Å². The number of aryl methyl sites for hydroxylation is 1. The van der Waals surface area contributed by atoms with Crippen LogP contribution in [-0.2, 0) is 17.6 Å². The van der Waals surface area contributed by atoms with Gasteiger partial charge in [-0.05, 0) is 60.6 Å². The molecular weight excluding hydrogens is 362 g/mol. The molecule has 5 heteroatoms. The number of rotatable bonds is 3. The van der Waals surface area contributed by atoms with Gasteiger partial charge in [0, 0.05) is 30.9 Å². The molecule has 3 amide bonds. The third kappa shape index (κ3) is 3.61. The van der Waals surface area contributed by atoms with Gasteiger partial charge >= 0.3 is 6.03 Å². The summed E-state index contributed by atoms with van der Waals surface area (Å²) in [6.45, 7) is 7.71. The Bertz CT molecular complexity index is 937. The highest BCUT2D eigenvalue weighted by Crippen LogP contribution is 2.36. The Hall–Kier alpha value is -2.82. The fraction of sp³-hybridized carbons (Fsp3) is 0.417. The predicted octanol–water partition coefficient (Wildman–Crippen LogP) is 4.77. The van der Waals surface area contributed by atoms with Crippen LogP contribution in [0.4, 0.5) is 16.2 Å². The normalized spacial score (nSPS) is 18.5. The fourth-order valence-electron chi connectivity index (χ4n) is 4.72. The molecule has 152 valence electrons. The minimum absolute atomic E-state index is 0.0580. The molecule has 0 spiro atoms. The minimum Gasteiger partial charge on any atom is -0.317 e. The number of amides is 3. The van der Waals surface area contributed by atoms with E-state index in [1.807, 2.05) is 34.9 Å². The highest BCUT2D eigenvalue weighted by Gasteiger charge is 2.33. The summed E-state index contributed by atoms with van der Waals surface area (Å²) >= 11 is 0. The molecule has 0 saturated carbocycles. The average molecular weight is 392 g/mol.